The largest absolute Gasteiger partial charge is 0.374 e. The molecule has 1 aliphatic rings. The van der Waals surface area contributed by atoms with Crippen LogP contribution in [0.3, 0.4) is 0 Å². The molecule has 1 aliphatic carbocycles. The van der Waals surface area contributed by atoms with E-state index in [-0.39, 0.29) is 11.6 Å². The number of ether oxygens (including phenoxy) is 1. The number of hydrogen-bond acceptors (Lipinski definition) is 2. The molecule has 1 aromatic carbocycles. The fraction of sp³-hybridized carbons (Fsp3) is 0.667. The lowest BCUT2D eigenvalue weighted by Crippen LogP contribution is -2.54. The summed E-state index contributed by atoms with van der Waals surface area (Å²) in [5.41, 5.74) is 8.06. The van der Waals surface area contributed by atoms with Crippen LogP contribution < -0.4 is 5.73 Å². The number of halogens is 1. The summed E-state index contributed by atoms with van der Waals surface area (Å²) in [6, 6.07) is 8.03. The minimum atomic E-state index is -0.163. The lowest BCUT2D eigenvalue weighted by atomic mass is 9.68. The summed E-state index contributed by atoms with van der Waals surface area (Å²) in [6.07, 6.45) is 5.32. The first-order chi connectivity index (χ1) is 9.87. The average Bonchev–Trinajstić information content (AvgIpc) is 2.44. The Morgan fingerprint density at radius 1 is 1.14 bits per heavy atom. The average molecular weight is 310 g/mol. The second kappa shape index (κ2) is 6.68. The summed E-state index contributed by atoms with van der Waals surface area (Å²) in [6.45, 7) is 7.48. The van der Waals surface area contributed by atoms with Gasteiger partial charge in [0, 0.05) is 17.7 Å². The van der Waals surface area contributed by atoms with Crippen LogP contribution in [0.25, 0.3) is 0 Å². The van der Waals surface area contributed by atoms with E-state index in [9.17, 15) is 0 Å². The minimum Gasteiger partial charge on any atom is -0.374 e. The van der Waals surface area contributed by atoms with E-state index in [2.05, 4.69) is 32.9 Å². The molecule has 21 heavy (non-hydrogen) atoms. The Bertz CT molecular complexity index is 445. The molecule has 0 aromatic heterocycles. The molecule has 2 N–H and O–H groups in total. The van der Waals surface area contributed by atoms with Crippen molar-refractivity contribution < 1.29 is 4.74 Å². The Hall–Kier alpha value is -0.570. The Labute approximate surface area is 134 Å². The molecular weight excluding hydrogens is 282 g/mol. The smallest absolute Gasteiger partial charge is 0.0836 e. The Morgan fingerprint density at radius 3 is 2.24 bits per heavy atom. The van der Waals surface area contributed by atoms with E-state index in [1.807, 2.05) is 12.1 Å². The van der Waals surface area contributed by atoms with Crippen LogP contribution in [0, 0.1) is 5.41 Å². The van der Waals surface area contributed by atoms with Gasteiger partial charge in [0.2, 0.25) is 0 Å². The highest BCUT2D eigenvalue weighted by atomic mass is 35.5. The van der Waals surface area contributed by atoms with Crippen molar-refractivity contribution in [2.24, 2.45) is 11.1 Å². The molecule has 1 fully saturated rings. The zero-order chi connectivity index (χ0) is 15.5. The molecule has 0 radical (unpaired) electrons. The normalized spacial score (nSPS) is 22.0. The van der Waals surface area contributed by atoms with E-state index in [1.165, 1.54) is 18.4 Å². The van der Waals surface area contributed by atoms with Gasteiger partial charge in [-0.05, 0) is 62.1 Å². The first-order valence-electron chi connectivity index (χ1n) is 8.01. The van der Waals surface area contributed by atoms with Crippen molar-refractivity contribution in [2.45, 2.75) is 64.5 Å². The van der Waals surface area contributed by atoms with Crippen LogP contribution in [-0.4, -0.2) is 18.2 Å². The third-order valence-corrected chi connectivity index (χ3v) is 5.18. The first-order valence-corrected chi connectivity index (χ1v) is 8.39. The van der Waals surface area contributed by atoms with E-state index in [0.29, 0.717) is 5.41 Å². The van der Waals surface area contributed by atoms with E-state index >= 15 is 0 Å². The van der Waals surface area contributed by atoms with E-state index in [1.54, 1.807) is 0 Å². The third kappa shape index (κ3) is 4.21. The van der Waals surface area contributed by atoms with Gasteiger partial charge in [0.1, 0.15) is 0 Å². The van der Waals surface area contributed by atoms with Crippen LogP contribution in [0.2, 0.25) is 5.02 Å². The standard InChI is InChI=1S/C18H28ClNO/c1-4-21-18(11-9-17(2,3)10-12-18)16(20)13-14-5-7-15(19)8-6-14/h5-8,16H,4,9-13,20H2,1-3H3. The topological polar surface area (TPSA) is 35.2 Å². The van der Waals surface area contributed by atoms with Gasteiger partial charge >= 0.3 is 0 Å². The first kappa shape index (κ1) is 16.8. The van der Waals surface area contributed by atoms with E-state index in [4.69, 9.17) is 22.1 Å². The van der Waals surface area contributed by atoms with E-state index < -0.39 is 0 Å². The number of benzene rings is 1. The fourth-order valence-electron chi connectivity index (χ4n) is 3.32. The summed E-state index contributed by atoms with van der Waals surface area (Å²) in [7, 11) is 0. The van der Waals surface area contributed by atoms with Crippen molar-refractivity contribution in [3.05, 3.63) is 34.9 Å². The fourth-order valence-corrected chi connectivity index (χ4v) is 3.45. The third-order valence-electron chi connectivity index (χ3n) is 4.93. The Morgan fingerprint density at radius 2 is 1.71 bits per heavy atom. The molecule has 0 heterocycles. The van der Waals surface area contributed by atoms with Gasteiger partial charge in [-0.15, -0.1) is 0 Å². The van der Waals surface area contributed by atoms with Gasteiger partial charge in [-0.3, -0.25) is 0 Å². The summed E-state index contributed by atoms with van der Waals surface area (Å²) in [5, 5.41) is 0.770. The molecule has 0 aliphatic heterocycles. The maximum atomic E-state index is 6.57. The lowest BCUT2D eigenvalue weighted by Gasteiger charge is -2.46. The summed E-state index contributed by atoms with van der Waals surface area (Å²) in [5.74, 6) is 0. The van der Waals surface area contributed by atoms with Crippen LogP contribution in [-0.2, 0) is 11.2 Å². The zero-order valence-electron chi connectivity index (χ0n) is 13.5. The second-order valence-corrected chi connectivity index (χ2v) is 7.54. The maximum Gasteiger partial charge on any atom is 0.0836 e. The highest BCUT2D eigenvalue weighted by Crippen LogP contribution is 2.43. The molecule has 0 amide bonds. The highest BCUT2D eigenvalue weighted by molar-refractivity contribution is 6.30. The molecule has 1 atom stereocenters. The van der Waals surface area contributed by atoms with Crippen LogP contribution in [0.5, 0.6) is 0 Å². The second-order valence-electron chi connectivity index (χ2n) is 7.10. The molecule has 1 unspecified atom stereocenters. The minimum absolute atomic E-state index is 0.0368. The summed E-state index contributed by atoms with van der Waals surface area (Å²) in [4.78, 5) is 0. The molecule has 1 saturated carbocycles. The molecule has 0 spiro atoms. The summed E-state index contributed by atoms with van der Waals surface area (Å²) < 4.78 is 6.17. The SMILES string of the molecule is CCOC1(C(N)Cc2ccc(Cl)cc2)CCC(C)(C)CC1. The van der Waals surface area contributed by atoms with Crippen LogP contribution in [0.1, 0.15) is 52.0 Å². The van der Waals surface area contributed by atoms with Gasteiger partial charge in [0.15, 0.2) is 0 Å². The quantitative estimate of drug-likeness (QED) is 0.863. The molecule has 0 bridgehead atoms. The lowest BCUT2D eigenvalue weighted by molar-refractivity contribution is -0.0987. The van der Waals surface area contributed by atoms with Gasteiger partial charge in [0.25, 0.3) is 0 Å². The predicted octanol–water partition coefficient (Wildman–Crippen LogP) is 4.59. The van der Waals surface area contributed by atoms with Crippen molar-refractivity contribution in [1.29, 1.82) is 0 Å². The van der Waals surface area contributed by atoms with Gasteiger partial charge in [-0.2, -0.15) is 0 Å². The number of nitrogens with two attached hydrogens (primary N) is 1. The monoisotopic (exact) mass is 309 g/mol. The molecule has 2 rings (SSSR count). The van der Waals surface area contributed by atoms with Gasteiger partial charge in [0.05, 0.1) is 5.60 Å². The molecule has 118 valence electrons. The Kier molecular flexibility index (Phi) is 5.34. The predicted molar refractivity (Wildman–Crippen MR) is 89.7 cm³/mol. The van der Waals surface area contributed by atoms with Crippen molar-refractivity contribution >= 4 is 11.6 Å². The highest BCUT2D eigenvalue weighted by Gasteiger charge is 2.43. The van der Waals surface area contributed by atoms with Crippen LogP contribution in [0.15, 0.2) is 24.3 Å². The van der Waals surface area contributed by atoms with Crippen LogP contribution in [0.4, 0.5) is 0 Å². The molecule has 3 heteroatoms. The number of hydrogen-bond donors (Lipinski definition) is 1. The number of rotatable bonds is 5. The molecule has 2 nitrogen and oxygen atoms in total. The van der Waals surface area contributed by atoms with Crippen molar-refractivity contribution in [1.82, 2.24) is 0 Å². The zero-order valence-corrected chi connectivity index (χ0v) is 14.2. The van der Waals surface area contributed by atoms with Gasteiger partial charge in [-0.1, -0.05) is 37.6 Å². The summed E-state index contributed by atoms with van der Waals surface area (Å²) >= 11 is 5.95. The molecule has 1 aromatic rings. The van der Waals surface area contributed by atoms with Gasteiger partial charge < -0.3 is 10.5 Å². The van der Waals surface area contributed by atoms with Crippen molar-refractivity contribution in [3.8, 4) is 0 Å². The van der Waals surface area contributed by atoms with Crippen LogP contribution >= 0.6 is 11.6 Å². The Balaban J connectivity index is 2.08. The van der Waals surface area contributed by atoms with Crippen molar-refractivity contribution in [2.75, 3.05) is 6.61 Å². The van der Waals surface area contributed by atoms with Gasteiger partial charge in [-0.25, -0.2) is 0 Å². The molecule has 0 saturated heterocycles. The maximum absolute atomic E-state index is 6.57. The van der Waals surface area contributed by atoms with E-state index in [0.717, 1.165) is 30.9 Å². The molecular formula is C18H28ClNO. The van der Waals surface area contributed by atoms with Crippen molar-refractivity contribution in [3.63, 3.8) is 0 Å².